The third-order valence-electron chi connectivity index (χ3n) is 1.71. The van der Waals surface area contributed by atoms with Crippen molar-refractivity contribution >= 4 is 5.97 Å². The molecule has 0 aromatic heterocycles. The predicted octanol–water partition coefficient (Wildman–Crippen LogP) is 1.99. The summed E-state index contributed by atoms with van der Waals surface area (Å²) in [4.78, 5) is 11.1. The monoisotopic (exact) mass is 164 g/mol. The predicted molar refractivity (Wildman–Crippen MR) is 47.6 cm³/mol. The van der Waals surface area contributed by atoms with Gasteiger partial charge < -0.3 is 4.74 Å². The van der Waals surface area contributed by atoms with E-state index in [-0.39, 0.29) is 5.97 Å². The highest BCUT2D eigenvalue weighted by Gasteiger charge is 2.05. The first-order valence-corrected chi connectivity index (χ1v) is 3.86. The van der Waals surface area contributed by atoms with Crippen molar-refractivity contribution in [2.75, 3.05) is 7.11 Å². The second kappa shape index (κ2) is 3.90. The molecule has 0 aromatic rings. The number of rotatable bonds is 1. The third-order valence-corrected chi connectivity index (χ3v) is 1.71. The van der Waals surface area contributed by atoms with E-state index < -0.39 is 0 Å². The summed E-state index contributed by atoms with van der Waals surface area (Å²) in [6.45, 7) is 2.03. The first-order valence-electron chi connectivity index (χ1n) is 3.86. The van der Waals surface area contributed by atoms with Gasteiger partial charge in [-0.3, -0.25) is 0 Å². The van der Waals surface area contributed by atoms with Crippen molar-refractivity contribution in [2.45, 2.75) is 13.3 Å². The fourth-order valence-electron chi connectivity index (χ4n) is 0.981. The molecule has 0 N–H and O–H groups in total. The van der Waals surface area contributed by atoms with Gasteiger partial charge in [0.05, 0.1) is 12.7 Å². The summed E-state index contributed by atoms with van der Waals surface area (Å²) in [6, 6.07) is 0. The van der Waals surface area contributed by atoms with Gasteiger partial charge in [-0.25, -0.2) is 4.79 Å². The Bertz CT molecular complexity index is 270. The number of hydrogen-bond acceptors (Lipinski definition) is 2. The highest BCUT2D eigenvalue weighted by molar-refractivity contribution is 5.91. The lowest BCUT2D eigenvalue weighted by Crippen LogP contribution is -2.01. The molecule has 0 heterocycles. The molecule has 1 aliphatic carbocycles. The molecule has 0 aliphatic heterocycles. The van der Waals surface area contributed by atoms with E-state index in [0.717, 1.165) is 6.42 Å². The number of allylic oxidation sites excluding steroid dienone is 4. The van der Waals surface area contributed by atoms with Crippen molar-refractivity contribution in [2.24, 2.45) is 0 Å². The van der Waals surface area contributed by atoms with Crippen LogP contribution >= 0.6 is 0 Å². The van der Waals surface area contributed by atoms with Crippen LogP contribution in [0.25, 0.3) is 0 Å². The Kier molecular flexibility index (Phi) is 2.86. The molecule has 0 bridgehead atoms. The van der Waals surface area contributed by atoms with Crippen LogP contribution in [-0.2, 0) is 9.53 Å². The van der Waals surface area contributed by atoms with Crippen LogP contribution in [0.1, 0.15) is 13.3 Å². The maximum absolute atomic E-state index is 11.1. The van der Waals surface area contributed by atoms with Crippen molar-refractivity contribution in [1.82, 2.24) is 0 Å². The zero-order chi connectivity index (χ0) is 8.97. The first kappa shape index (κ1) is 8.78. The molecule has 0 amide bonds. The molecule has 1 rings (SSSR count). The van der Waals surface area contributed by atoms with Gasteiger partial charge in [0.1, 0.15) is 0 Å². The Morgan fingerprint density at radius 2 is 2.25 bits per heavy atom. The van der Waals surface area contributed by atoms with Crippen LogP contribution in [-0.4, -0.2) is 13.1 Å². The molecule has 0 saturated heterocycles. The quantitative estimate of drug-likeness (QED) is 0.554. The summed E-state index contributed by atoms with van der Waals surface area (Å²) in [5, 5.41) is 0. The van der Waals surface area contributed by atoms with Gasteiger partial charge in [0, 0.05) is 0 Å². The molecule has 64 valence electrons. The summed E-state index contributed by atoms with van der Waals surface area (Å²) in [6.07, 6.45) is 8.37. The van der Waals surface area contributed by atoms with E-state index in [9.17, 15) is 4.79 Å². The van der Waals surface area contributed by atoms with Gasteiger partial charge in [0.15, 0.2) is 0 Å². The number of hydrogen-bond donors (Lipinski definition) is 0. The van der Waals surface area contributed by atoms with Gasteiger partial charge in [-0.2, -0.15) is 0 Å². The average molecular weight is 164 g/mol. The van der Waals surface area contributed by atoms with Crippen LogP contribution in [0.2, 0.25) is 0 Å². The standard InChI is InChI=1S/C10H12O2/c1-8-4-3-5-9(7-6-8)10(11)12-2/h3,5-7H,4H2,1-2H3. The van der Waals surface area contributed by atoms with Gasteiger partial charge >= 0.3 is 5.97 Å². The van der Waals surface area contributed by atoms with Crippen LogP contribution < -0.4 is 0 Å². The lowest BCUT2D eigenvalue weighted by atomic mass is 10.2. The van der Waals surface area contributed by atoms with Gasteiger partial charge in [-0.1, -0.05) is 23.8 Å². The molecular weight excluding hydrogens is 152 g/mol. The molecule has 12 heavy (non-hydrogen) atoms. The molecule has 0 aromatic carbocycles. The molecule has 0 spiro atoms. The van der Waals surface area contributed by atoms with E-state index in [1.807, 2.05) is 19.1 Å². The molecule has 0 fully saturated rings. The zero-order valence-corrected chi connectivity index (χ0v) is 7.33. The average Bonchev–Trinajstić information content (AvgIpc) is 2.29. The van der Waals surface area contributed by atoms with Crippen LogP contribution in [0.4, 0.5) is 0 Å². The SMILES string of the molecule is COC(=O)C1=CC=C(C)CC=C1. The van der Waals surface area contributed by atoms with Crippen molar-refractivity contribution in [3.8, 4) is 0 Å². The highest BCUT2D eigenvalue weighted by atomic mass is 16.5. The topological polar surface area (TPSA) is 26.3 Å². The smallest absolute Gasteiger partial charge is 0.337 e. The Morgan fingerprint density at radius 3 is 2.92 bits per heavy atom. The van der Waals surface area contributed by atoms with Gasteiger partial charge in [0.25, 0.3) is 0 Å². The minimum absolute atomic E-state index is 0.280. The Hall–Kier alpha value is -1.31. The molecular formula is C10H12O2. The number of methoxy groups -OCH3 is 1. The van der Waals surface area contributed by atoms with Gasteiger partial charge in [-0.15, -0.1) is 0 Å². The summed E-state index contributed by atoms with van der Waals surface area (Å²) < 4.78 is 4.59. The summed E-state index contributed by atoms with van der Waals surface area (Å²) in [5.41, 5.74) is 1.85. The van der Waals surface area contributed by atoms with Crippen LogP contribution in [0, 0.1) is 0 Å². The summed E-state index contributed by atoms with van der Waals surface area (Å²) in [5.74, 6) is -0.280. The second-order valence-electron chi connectivity index (χ2n) is 2.73. The number of esters is 1. The number of carbonyl (C=O) groups excluding carboxylic acids is 1. The van der Waals surface area contributed by atoms with E-state index in [0.29, 0.717) is 5.57 Å². The molecule has 0 radical (unpaired) electrons. The normalized spacial score (nSPS) is 16.2. The molecule has 2 nitrogen and oxygen atoms in total. The largest absolute Gasteiger partial charge is 0.465 e. The molecule has 2 heteroatoms. The first-order chi connectivity index (χ1) is 5.74. The highest BCUT2D eigenvalue weighted by Crippen LogP contribution is 2.11. The van der Waals surface area contributed by atoms with Crippen molar-refractivity contribution in [1.29, 1.82) is 0 Å². The third kappa shape index (κ3) is 2.09. The van der Waals surface area contributed by atoms with E-state index >= 15 is 0 Å². The Morgan fingerprint density at radius 1 is 1.50 bits per heavy atom. The van der Waals surface area contributed by atoms with Gasteiger partial charge in [0.2, 0.25) is 0 Å². The van der Waals surface area contributed by atoms with E-state index in [2.05, 4.69) is 4.74 Å². The summed E-state index contributed by atoms with van der Waals surface area (Å²) in [7, 11) is 1.39. The maximum atomic E-state index is 11.1. The van der Waals surface area contributed by atoms with Gasteiger partial charge in [-0.05, 0) is 19.4 Å². The number of ether oxygens (including phenoxy) is 1. The fourth-order valence-corrected chi connectivity index (χ4v) is 0.981. The Labute approximate surface area is 72.2 Å². The van der Waals surface area contributed by atoms with Crippen molar-refractivity contribution < 1.29 is 9.53 Å². The zero-order valence-electron chi connectivity index (χ0n) is 7.33. The van der Waals surface area contributed by atoms with Crippen molar-refractivity contribution in [3.05, 3.63) is 35.5 Å². The molecule has 1 aliphatic rings. The lowest BCUT2D eigenvalue weighted by Gasteiger charge is -1.95. The fraction of sp³-hybridized carbons (Fsp3) is 0.300. The summed E-state index contributed by atoms with van der Waals surface area (Å²) >= 11 is 0. The second-order valence-corrected chi connectivity index (χ2v) is 2.73. The minimum atomic E-state index is -0.280. The van der Waals surface area contributed by atoms with E-state index in [1.165, 1.54) is 12.7 Å². The van der Waals surface area contributed by atoms with Crippen LogP contribution in [0.5, 0.6) is 0 Å². The Balaban J connectivity index is 2.84. The lowest BCUT2D eigenvalue weighted by molar-refractivity contribution is -0.135. The molecule has 0 unspecified atom stereocenters. The minimum Gasteiger partial charge on any atom is -0.465 e. The number of carbonyl (C=O) groups is 1. The molecule has 0 atom stereocenters. The maximum Gasteiger partial charge on any atom is 0.337 e. The van der Waals surface area contributed by atoms with Crippen molar-refractivity contribution in [3.63, 3.8) is 0 Å². The molecule has 0 saturated carbocycles. The van der Waals surface area contributed by atoms with Crippen LogP contribution in [0.15, 0.2) is 35.5 Å². The van der Waals surface area contributed by atoms with E-state index in [4.69, 9.17) is 0 Å². The van der Waals surface area contributed by atoms with Crippen LogP contribution in [0.3, 0.4) is 0 Å². The van der Waals surface area contributed by atoms with E-state index in [1.54, 1.807) is 12.2 Å².